The van der Waals surface area contributed by atoms with E-state index in [-0.39, 0.29) is 58.3 Å². The minimum Gasteiger partial charge on any atom is -1.00 e. The van der Waals surface area contributed by atoms with Gasteiger partial charge in [0.15, 0.2) is 0 Å². The van der Waals surface area contributed by atoms with Crippen molar-refractivity contribution >= 4 is 0 Å². The van der Waals surface area contributed by atoms with Crippen LogP contribution in [0.5, 0.6) is 0 Å². The van der Waals surface area contributed by atoms with E-state index in [1.807, 2.05) is 0 Å². The molecule has 0 N–H and O–H groups in total. The van der Waals surface area contributed by atoms with Crippen molar-refractivity contribution in [2.45, 2.75) is 0 Å². The average Bonchev–Trinajstić information content (AvgIpc) is 0. The molecule has 0 aromatic rings. The van der Waals surface area contributed by atoms with Crippen LogP contribution in [0.4, 0.5) is 0 Å². The van der Waals surface area contributed by atoms with Gasteiger partial charge in [0.2, 0.25) is 0 Å². The quantitative estimate of drug-likeness (QED) is 0.417. The van der Waals surface area contributed by atoms with E-state index in [2.05, 4.69) is 0 Å². The molecule has 1 radical (unpaired) electrons. The molecule has 0 spiro atoms. The number of rotatable bonds is 0. The van der Waals surface area contributed by atoms with Crippen molar-refractivity contribution in [3.05, 3.63) is 0 Å². The Morgan fingerprint density at radius 3 is 0.500 bits per heavy atom. The van der Waals surface area contributed by atoms with Crippen LogP contribution >= 0.6 is 0 Å². The Kier molecular flexibility index (Phi) is 283. The van der Waals surface area contributed by atoms with Gasteiger partial charge in [-0.25, -0.2) is 0 Å². The number of hydrogen-bond donors (Lipinski definition) is 0. The molecule has 0 aliphatic heterocycles. The van der Waals surface area contributed by atoms with Gasteiger partial charge in [-0.15, -0.1) is 0 Å². The maximum Gasteiger partial charge on any atom is 3.00 e. The summed E-state index contributed by atoms with van der Waals surface area (Å²) in [7, 11) is 0. The molecule has 0 aliphatic rings. The zero-order valence-corrected chi connectivity index (χ0v) is 5.99. The Labute approximate surface area is 58.2 Å². The van der Waals surface area contributed by atoms with Crippen molar-refractivity contribution < 1.29 is 58.3 Å². The van der Waals surface area contributed by atoms with Crippen LogP contribution in [0.2, 0.25) is 0 Å². The van der Waals surface area contributed by atoms with Crippen LogP contribution in [0, 0.1) is 0 Å². The molecule has 31 valence electrons. The standard InChI is InChI=1S/3ClH.Pt/h3*1H;/q;;;+3/p-3. The molecule has 0 aromatic heterocycles. The molecule has 0 bridgehead atoms. The summed E-state index contributed by atoms with van der Waals surface area (Å²) < 4.78 is 0. The average molecular weight is 301 g/mol. The van der Waals surface area contributed by atoms with E-state index in [0.717, 1.165) is 0 Å². The van der Waals surface area contributed by atoms with Crippen molar-refractivity contribution in [2.24, 2.45) is 0 Å². The molecule has 4 heavy (non-hydrogen) atoms. The van der Waals surface area contributed by atoms with Crippen LogP contribution in [-0.2, 0) is 21.1 Å². The Morgan fingerprint density at radius 1 is 0.500 bits per heavy atom. The van der Waals surface area contributed by atoms with Gasteiger partial charge in [0.05, 0.1) is 0 Å². The largest absolute Gasteiger partial charge is 3.00 e. The third-order valence-corrected chi connectivity index (χ3v) is 0. The monoisotopic (exact) mass is 300 g/mol. The van der Waals surface area contributed by atoms with Gasteiger partial charge >= 0.3 is 21.1 Å². The second kappa shape index (κ2) is 23.8. The second-order valence-electron chi connectivity index (χ2n) is 0. The molecule has 0 aliphatic carbocycles. The van der Waals surface area contributed by atoms with E-state index in [1.54, 1.807) is 0 Å². The maximum atomic E-state index is 0. The molecule has 0 nitrogen and oxygen atoms in total. The van der Waals surface area contributed by atoms with Crippen molar-refractivity contribution in [3.63, 3.8) is 0 Å². The van der Waals surface area contributed by atoms with Crippen LogP contribution in [0.1, 0.15) is 0 Å². The summed E-state index contributed by atoms with van der Waals surface area (Å²) >= 11 is 0. The molecular weight excluding hydrogens is 301 g/mol. The zero-order valence-electron chi connectivity index (χ0n) is 1.45. The predicted octanol–water partition coefficient (Wildman–Crippen LogP) is -8.99. The van der Waals surface area contributed by atoms with Gasteiger partial charge in [-0.2, -0.15) is 0 Å². The molecule has 0 saturated carbocycles. The van der Waals surface area contributed by atoms with E-state index in [1.165, 1.54) is 0 Å². The van der Waals surface area contributed by atoms with Gasteiger partial charge in [0.25, 0.3) is 0 Å². The summed E-state index contributed by atoms with van der Waals surface area (Å²) in [4.78, 5) is 0. The Bertz CT molecular complexity index is 3.25. The molecule has 0 unspecified atom stereocenters. The topological polar surface area (TPSA) is 0 Å². The SMILES string of the molecule is [Cl-].[Cl-].[Cl-].[Pt+3]. The normalized spacial score (nSPS) is 0. The van der Waals surface area contributed by atoms with Crippen LogP contribution < -0.4 is 37.2 Å². The number of hydrogen-bond acceptors (Lipinski definition) is 0. The maximum absolute atomic E-state index is 0. The molecule has 0 amide bonds. The molecule has 0 heterocycles. The minimum atomic E-state index is 0. The fourth-order valence-electron chi connectivity index (χ4n) is 0. The van der Waals surface area contributed by atoms with Crippen LogP contribution in [0.3, 0.4) is 0 Å². The summed E-state index contributed by atoms with van der Waals surface area (Å²) in [6, 6.07) is 0. The van der Waals surface area contributed by atoms with E-state index in [4.69, 9.17) is 0 Å². The summed E-state index contributed by atoms with van der Waals surface area (Å²) in [5.74, 6) is 0. The molecule has 0 atom stereocenters. The molecule has 0 fully saturated rings. The second-order valence-corrected chi connectivity index (χ2v) is 0. The van der Waals surface area contributed by atoms with Gasteiger partial charge in [-0.05, 0) is 0 Å². The summed E-state index contributed by atoms with van der Waals surface area (Å²) in [6.07, 6.45) is 0. The summed E-state index contributed by atoms with van der Waals surface area (Å²) in [6.45, 7) is 0. The Hall–Kier alpha value is 1.56. The third-order valence-electron chi connectivity index (χ3n) is 0. The summed E-state index contributed by atoms with van der Waals surface area (Å²) in [5, 5.41) is 0. The van der Waals surface area contributed by atoms with Gasteiger partial charge in [-0.1, -0.05) is 0 Å². The van der Waals surface area contributed by atoms with E-state index >= 15 is 0 Å². The fourth-order valence-corrected chi connectivity index (χ4v) is 0. The third kappa shape index (κ3) is 9.59. The van der Waals surface area contributed by atoms with Crippen LogP contribution in [0.15, 0.2) is 0 Å². The van der Waals surface area contributed by atoms with Crippen LogP contribution in [0.25, 0.3) is 0 Å². The first-order valence-electron chi connectivity index (χ1n) is 0. The molecule has 0 rings (SSSR count). The van der Waals surface area contributed by atoms with Gasteiger partial charge in [0, 0.05) is 0 Å². The predicted molar refractivity (Wildman–Crippen MR) is 0 cm³/mol. The molecule has 0 aromatic carbocycles. The van der Waals surface area contributed by atoms with Crippen molar-refractivity contribution in [2.75, 3.05) is 0 Å². The first-order chi connectivity index (χ1) is 0. The van der Waals surface area contributed by atoms with E-state index in [0.29, 0.717) is 0 Å². The van der Waals surface area contributed by atoms with Gasteiger partial charge in [-0.3, -0.25) is 0 Å². The fraction of sp³-hybridized carbons (Fsp3) is 0. The van der Waals surface area contributed by atoms with Gasteiger partial charge in [0.1, 0.15) is 0 Å². The minimum absolute atomic E-state index is 0. The van der Waals surface area contributed by atoms with Gasteiger partial charge < -0.3 is 37.2 Å². The smallest absolute Gasteiger partial charge is 1.00 e. The van der Waals surface area contributed by atoms with Crippen LogP contribution in [-0.4, -0.2) is 0 Å². The first-order valence-corrected chi connectivity index (χ1v) is 0. The van der Waals surface area contributed by atoms with Crippen molar-refractivity contribution in [3.8, 4) is 0 Å². The Balaban J connectivity index is 0. The summed E-state index contributed by atoms with van der Waals surface area (Å²) in [5.41, 5.74) is 0. The van der Waals surface area contributed by atoms with Crippen molar-refractivity contribution in [1.82, 2.24) is 0 Å². The van der Waals surface area contributed by atoms with Crippen molar-refractivity contribution in [1.29, 1.82) is 0 Å². The molecular formula is Cl3Pt. The number of halogens is 3. The zero-order chi connectivity index (χ0) is 0. The first kappa shape index (κ1) is 47.6. The Morgan fingerprint density at radius 2 is 0.500 bits per heavy atom. The van der Waals surface area contributed by atoms with E-state index < -0.39 is 0 Å². The van der Waals surface area contributed by atoms with E-state index in [9.17, 15) is 0 Å². The molecule has 0 saturated heterocycles. The molecule has 4 heteroatoms.